The molecule has 29 N–H and O–H groups in total. The lowest BCUT2D eigenvalue weighted by molar-refractivity contribution is -0.332. The number of aromatic nitrogens is 2. The molecule has 5 aliphatic heterocycles. The zero-order valence-electron chi connectivity index (χ0n) is 84.9. The lowest BCUT2D eigenvalue weighted by Gasteiger charge is -2.48. The number of aliphatic hydroxyl groups is 7. The van der Waals surface area contributed by atoms with Crippen LogP contribution in [-0.4, -0.2) is 418 Å². The molecular weight excluding hydrogens is 1980 g/mol. The molecule has 0 bridgehead atoms. The van der Waals surface area contributed by atoms with Gasteiger partial charge in [0.05, 0.1) is 57.0 Å². The molecule has 834 valence electrons. The molecule has 2 aromatic rings. The standard InChI is InChI=1S/C93H143N23O34/c1-11-97-82(138)59-24-17-31-114(59)89(145)46(6)102-83(139)60-25-19-33-116(60)90(146)54(23-16-30-98-93(94)95)107-87(143)70(48(8)147-92-72(104-50(10)123)76(74(131)63(41-119)149-92)150-91-71(103-49(9)122)75(132)73(130)62(40-118)148-91)113-80(136)57(36-67(128)129)109-84(140)61-26-18-32-115(61)88(144)45(5)101-81(137)58(39-117)110-86(142)69(47(7)121)112-85(141)68(43(2)3)111-65(125)38-99-77(133)56(35-52-37-96-42-100-52)108-78(134)53(28-29-66(126)127)106-79(135)55(34-51-21-13-12-14-22-51)105-64(124)27-15-20-44(4)120/h12-14,21-22,37,42-43,45-48,53-63,68-76,91-92,117-119,121,130-132H,11,15-20,23-36,38-41H2,1-10H3,(H,96,100)(H,97,138)(H,99,133)(H,101,137)(H,102,139)(H,103,122)(H,104,123)(H,105,124)(H,106,135)(H,107,143)(H,108,134)(H,109,140)(H,110,142)(H,111,125)(H,112,141)(H,113,136)(H,126,127)(H,128,129)(H4,94,95,98)/t45?,46?,47?,48?,53?,54?,55?,56?,57?,58?,59?,60?,61?,62-,63-,68?,69?,70?,71?,72?,73-,74-,75?,76?,91-,92+/m1/s1. The number of aliphatic carboxylic acids is 2. The number of carboxylic acid groups (broad SMARTS) is 2. The van der Waals surface area contributed by atoms with E-state index in [1.165, 1.54) is 45.1 Å². The highest BCUT2D eigenvalue weighted by molar-refractivity contribution is 6.02. The third kappa shape index (κ3) is 36.6. The minimum atomic E-state index is -2.29. The van der Waals surface area contributed by atoms with Crippen LogP contribution in [0.25, 0.3) is 0 Å². The summed E-state index contributed by atoms with van der Waals surface area (Å²) in [6.07, 6.45) is -19.0. The number of nitrogens with one attached hydrogen (secondary N) is 18. The van der Waals surface area contributed by atoms with Gasteiger partial charge in [0.1, 0.15) is 139 Å². The Labute approximate surface area is 862 Å². The number of ketones is 1. The number of aliphatic hydroxyl groups excluding tert-OH is 7. The lowest BCUT2D eigenvalue weighted by atomic mass is 9.94. The fraction of sp³-hybridized carbons (Fsp3) is 0.667. The number of likely N-dealkylation sites (tertiary alicyclic amines) is 3. The zero-order valence-corrected chi connectivity index (χ0v) is 84.9. The van der Waals surface area contributed by atoms with Crippen LogP contribution in [-0.2, 0) is 132 Å². The number of amides is 18. The van der Waals surface area contributed by atoms with E-state index in [2.05, 4.69) is 95.0 Å². The van der Waals surface area contributed by atoms with Crippen LogP contribution in [0.3, 0.4) is 0 Å². The Morgan fingerprint density at radius 1 is 0.507 bits per heavy atom. The Morgan fingerprint density at radius 2 is 1.03 bits per heavy atom. The quantitative estimate of drug-likeness (QED) is 0.0166. The van der Waals surface area contributed by atoms with Crippen LogP contribution < -0.4 is 90.8 Å². The molecule has 0 aliphatic carbocycles. The summed E-state index contributed by atoms with van der Waals surface area (Å²) in [6, 6.07) is -18.3. The molecular formula is C93H143N23O34. The van der Waals surface area contributed by atoms with E-state index in [-0.39, 0.29) is 115 Å². The molecule has 57 heteroatoms. The van der Waals surface area contributed by atoms with Gasteiger partial charge in [-0.1, -0.05) is 44.2 Å². The molecule has 57 nitrogen and oxygen atoms in total. The van der Waals surface area contributed by atoms with Crippen molar-refractivity contribution in [3.05, 3.63) is 54.1 Å². The topological polar surface area (TPSA) is 858 Å². The summed E-state index contributed by atoms with van der Waals surface area (Å²) in [5.74, 6) is -22.8. The van der Waals surface area contributed by atoms with Crippen molar-refractivity contribution in [2.24, 2.45) is 11.7 Å². The number of guanidine groups is 1. The number of benzene rings is 1. The molecule has 5 saturated heterocycles. The molecule has 0 saturated carbocycles. The van der Waals surface area contributed by atoms with E-state index in [1.54, 1.807) is 37.3 Å². The van der Waals surface area contributed by atoms with E-state index in [9.17, 15) is 132 Å². The van der Waals surface area contributed by atoms with Gasteiger partial charge in [-0.25, -0.2) is 4.98 Å². The second-order valence-electron chi connectivity index (χ2n) is 37.6. The zero-order chi connectivity index (χ0) is 111. The van der Waals surface area contributed by atoms with E-state index >= 15 is 14.4 Å². The van der Waals surface area contributed by atoms with Crippen molar-refractivity contribution in [3.63, 3.8) is 0 Å². The molecule has 1 aromatic carbocycles. The number of likely N-dealkylation sites (N-methyl/N-ethyl adjacent to an activating group) is 1. The van der Waals surface area contributed by atoms with Crippen molar-refractivity contribution in [2.45, 2.75) is 330 Å². The summed E-state index contributed by atoms with van der Waals surface area (Å²) in [6.45, 7) is 8.32. The average molecular weight is 2130 g/mol. The van der Waals surface area contributed by atoms with Gasteiger partial charge in [-0.3, -0.25) is 101 Å². The number of Topliss-reactive ketones (excluding diaryl/α,β-unsaturated/α-hetero) is 1. The number of carboxylic acids is 2. The van der Waals surface area contributed by atoms with Crippen molar-refractivity contribution in [3.8, 4) is 0 Å². The normalized spacial score (nSPS) is 23.0. The molecule has 5 aliphatic rings. The molecule has 0 radical (unpaired) electrons. The highest BCUT2D eigenvalue weighted by Gasteiger charge is 2.55. The fourth-order valence-corrected chi connectivity index (χ4v) is 17.6. The van der Waals surface area contributed by atoms with Crippen LogP contribution in [0, 0.1) is 11.3 Å². The Balaban J connectivity index is 1.08. The smallest absolute Gasteiger partial charge is 0.305 e. The minimum Gasteiger partial charge on any atom is -0.481 e. The van der Waals surface area contributed by atoms with E-state index in [4.69, 9.17) is 30.1 Å². The summed E-state index contributed by atoms with van der Waals surface area (Å²) >= 11 is 0. The Morgan fingerprint density at radius 3 is 1.58 bits per heavy atom. The third-order valence-electron chi connectivity index (χ3n) is 25.4. The second-order valence-corrected chi connectivity index (χ2v) is 37.6. The Bertz CT molecular complexity index is 5030. The van der Waals surface area contributed by atoms with Crippen LogP contribution in [0.15, 0.2) is 42.9 Å². The van der Waals surface area contributed by atoms with Crippen molar-refractivity contribution in [1.29, 1.82) is 5.41 Å². The van der Waals surface area contributed by atoms with E-state index in [1.807, 2.05) is 0 Å². The van der Waals surface area contributed by atoms with Crippen molar-refractivity contribution in [1.82, 2.24) is 110 Å². The number of hydrogen-bond acceptors (Lipinski definition) is 34. The number of nitrogens with zero attached hydrogens (tertiary/aromatic N) is 4. The predicted octanol–water partition coefficient (Wildman–Crippen LogP) is -11.5. The molecule has 26 atom stereocenters. The average Bonchev–Trinajstić information content (AvgIpc) is 1.38. The van der Waals surface area contributed by atoms with Crippen LogP contribution >= 0.6 is 0 Å². The Kier molecular flexibility index (Phi) is 49.0. The highest BCUT2D eigenvalue weighted by atomic mass is 16.7. The van der Waals surface area contributed by atoms with Crippen molar-refractivity contribution in [2.75, 3.05) is 59.1 Å². The first-order chi connectivity index (χ1) is 70.9. The number of H-pyrrole nitrogens is 1. The van der Waals surface area contributed by atoms with Crippen LogP contribution in [0.1, 0.15) is 170 Å². The molecule has 0 spiro atoms. The molecule has 1 aromatic heterocycles. The first-order valence-corrected chi connectivity index (χ1v) is 49.5. The van der Waals surface area contributed by atoms with Gasteiger partial charge in [-0.15, -0.1) is 0 Å². The van der Waals surface area contributed by atoms with E-state index in [0.717, 1.165) is 44.4 Å². The predicted molar refractivity (Wildman–Crippen MR) is 517 cm³/mol. The number of hydrogen-bond donors (Lipinski definition) is 28. The molecule has 7 rings (SSSR count). The van der Waals surface area contributed by atoms with Gasteiger partial charge in [0.25, 0.3) is 0 Å². The van der Waals surface area contributed by atoms with Gasteiger partial charge in [0.15, 0.2) is 18.5 Å². The highest BCUT2D eigenvalue weighted by Crippen LogP contribution is 2.33. The van der Waals surface area contributed by atoms with Crippen LogP contribution in [0.5, 0.6) is 0 Å². The summed E-state index contributed by atoms with van der Waals surface area (Å²) < 4.78 is 24.4. The minimum absolute atomic E-state index is 0.00948. The fourth-order valence-electron chi connectivity index (χ4n) is 17.6. The van der Waals surface area contributed by atoms with Crippen LogP contribution in [0.2, 0.25) is 0 Å². The number of ether oxygens (including phenoxy) is 4. The molecule has 6 heterocycles. The molecule has 5 fully saturated rings. The van der Waals surface area contributed by atoms with Gasteiger partial charge >= 0.3 is 11.9 Å². The summed E-state index contributed by atoms with van der Waals surface area (Å²) in [7, 11) is 0. The maximum absolute atomic E-state index is 15.6. The molecule has 20 unspecified atom stereocenters. The number of rotatable bonds is 57. The first kappa shape index (κ1) is 123. The van der Waals surface area contributed by atoms with E-state index < -0.39 is 334 Å². The monoisotopic (exact) mass is 2130 g/mol. The number of carbonyl (C=O) groups excluding carboxylic acids is 19. The number of carbonyl (C=O) groups is 21. The van der Waals surface area contributed by atoms with Crippen molar-refractivity contribution < 1.29 is 166 Å². The maximum Gasteiger partial charge on any atom is 0.305 e. The molecule has 18 amide bonds. The Hall–Kier alpha value is -13.7. The van der Waals surface area contributed by atoms with E-state index in [0.29, 0.717) is 18.4 Å². The second kappa shape index (κ2) is 59.7. The van der Waals surface area contributed by atoms with Crippen molar-refractivity contribution >= 4 is 130 Å². The third-order valence-corrected chi connectivity index (χ3v) is 25.4. The summed E-state index contributed by atoms with van der Waals surface area (Å²) in [4.78, 5) is 301. The van der Waals surface area contributed by atoms with Gasteiger partial charge in [0.2, 0.25) is 106 Å². The summed E-state index contributed by atoms with van der Waals surface area (Å²) in [5.41, 5.74) is 6.36. The summed E-state index contributed by atoms with van der Waals surface area (Å²) in [5, 5.41) is 143. The maximum atomic E-state index is 15.6. The SMILES string of the molecule is CCNC(=O)C1CCCN1C(=O)C(C)NC(=O)C1CCCN1C(=O)C(CCCNC(=N)N)NC(=O)C(NC(=O)C(CC(=O)O)NC(=O)C1CCCN1C(=O)C(C)NC(=O)C(CO)NC(=O)C(NC(=O)C(NC(=O)CNC(=O)C(Cc1c[nH]cn1)NC(=O)C(CCC(=O)O)NC(=O)C(Cc1ccccc1)NC(=O)CCCC(C)=O)C(C)C)C(C)O)C(C)O[C@H]1O[C@H](CO)[C@@H](O)C(O[C@H]2O[C@H](CO)[C@@H](O)C(O)C2NC(C)=O)C1NC(C)=O. The first-order valence-electron chi connectivity index (χ1n) is 49.5. The van der Waals surface area contributed by atoms with Gasteiger partial charge < -0.3 is 180 Å². The van der Waals surface area contributed by atoms with Gasteiger partial charge in [-0.05, 0) is 117 Å². The number of aromatic amines is 1. The number of nitrogens with two attached hydrogens (primary N) is 1. The largest absolute Gasteiger partial charge is 0.481 e. The molecule has 150 heavy (non-hydrogen) atoms. The number of imidazole rings is 1. The van der Waals surface area contributed by atoms with Gasteiger partial charge in [0, 0.05) is 84.9 Å². The lowest BCUT2D eigenvalue weighted by Crippen LogP contribution is -2.70. The van der Waals surface area contributed by atoms with Crippen LogP contribution in [0.4, 0.5) is 0 Å². The van der Waals surface area contributed by atoms with Gasteiger partial charge in [-0.2, -0.15) is 0 Å².